The van der Waals surface area contributed by atoms with Crippen molar-refractivity contribution in [2.45, 2.75) is 103 Å². The second-order valence-electron chi connectivity index (χ2n) is 8.47. The Morgan fingerprint density at radius 1 is 0.767 bits per heavy atom. The molecule has 174 valence electrons. The number of aryl methyl sites for hydroxylation is 1. The molecular formula is C25H41F3O2. The van der Waals surface area contributed by atoms with Gasteiger partial charge < -0.3 is 9.47 Å². The van der Waals surface area contributed by atoms with Gasteiger partial charge in [0.2, 0.25) is 0 Å². The van der Waals surface area contributed by atoms with Crippen molar-refractivity contribution in [3.05, 3.63) is 35.4 Å². The Morgan fingerprint density at radius 2 is 1.27 bits per heavy atom. The lowest BCUT2D eigenvalue weighted by Crippen LogP contribution is -2.39. The van der Waals surface area contributed by atoms with Crippen molar-refractivity contribution in [1.29, 1.82) is 0 Å². The van der Waals surface area contributed by atoms with E-state index < -0.39 is 17.5 Å². The molecule has 0 aliphatic rings. The number of hydrogen-bond donors (Lipinski definition) is 0. The molecule has 0 bridgehead atoms. The van der Waals surface area contributed by atoms with Gasteiger partial charge in [-0.05, 0) is 50.3 Å². The highest BCUT2D eigenvalue weighted by molar-refractivity contribution is 5.24. The lowest BCUT2D eigenvalue weighted by molar-refractivity contribution is -0.230. The number of unbranched alkanes of at least 4 members (excludes halogenated alkanes) is 7. The first kappa shape index (κ1) is 27.0. The summed E-state index contributed by atoms with van der Waals surface area (Å²) in [5.74, 6) is -0.207. The molecule has 0 aliphatic carbocycles. The minimum Gasteiger partial charge on any atom is -0.353 e. The molecule has 0 fully saturated rings. The summed E-state index contributed by atoms with van der Waals surface area (Å²) < 4.78 is 49.3. The third kappa shape index (κ3) is 9.82. The number of alkyl halides is 3. The molecule has 30 heavy (non-hydrogen) atoms. The van der Waals surface area contributed by atoms with E-state index in [-0.39, 0.29) is 0 Å². The number of hydrogen-bond acceptors (Lipinski definition) is 2. The van der Waals surface area contributed by atoms with E-state index in [4.69, 9.17) is 9.47 Å². The molecule has 0 radical (unpaired) electrons. The number of halogens is 3. The van der Waals surface area contributed by atoms with Crippen LogP contribution in [0.4, 0.5) is 13.2 Å². The first-order valence-electron chi connectivity index (χ1n) is 11.5. The minimum atomic E-state index is -4.26. The third-order valence-electron chi connectivity index (χ3n) is 6.26. The molecule has 1 unspecified atom stereocenters. The van der Waals surface area contributed by atoms with E-state index in [1.165, 1.54) is 50.7 Å². The summed E-state index contributed by atoms with van der Waals surface area (Å²) in [5, 5.41) is 0. The Labute approximate surface area is 181 Å². The van der Waals surface area contributed by atoms with Gasteiger partial charge in [-0.2, -0.15) is 13.2 Å². The van der Waals surface area contributed by atoms with Gasteiger partial charge in [-0.25, -0.2) is 0 Å². The first-order valence-corrected chi connectivity index (χ1v) is 11.5. The summed E-state index contributed by atoms with van der Waals surface area (Å²) in [6, 6.07) is 5.54. The number of methoxy groups -OCH3 is 2. The fraction of sp³-hybridized carbons (Fsp3) is 0.760. The van der Waals surface area contributed by atoms with Crippen LogP contribution in [-0.2, 0) is 22.1 Å². The van der Waals surface area contributed by atoms with Crippen LogP contribution in [-0.4, -0.2) is 20.0 Å². The van der Waals surface area contributed by atoms with Crippen LogP contribution in [0.2, 0.25) is 0 Å². The standard InChI is InChI=1S/C25H41F3O2/c1-5-6-7-8-9-12-15-22(24(2,29-3)30-4)16-13-10-11-14-21-17-19-23(20-18-21)25(26,27)28/h17-20,22H,5-16H2,1-4H3. The Bertz CT molecular complexity index is 551. The smallest absolute Gasteiger partial charge is 0.353 e. The van der Waals surface area contributed by atoms with Gasteiger partial charge in [0.1, 0.15) is 0 Å². The van der Waals surface area contributed by atoms with Gasteiger partial charge in [0.05, 0.1) is 5.56 Å². The van der Waals surface area contributed by atoms with Crippen molar-refractivity contribution in [3.8, 4) is 0 Å². The largest absolute Gasteiger partial charge is 0.416 e. The number of ether oxygens (including phenoxy) is 2. The van der Waals surface area contributed by atoms with Gasteiger partial charge in [-0.1, -0.05) is 70.4 Å². The van der Waals surface area contributed by atoms with E-state index in [9.17, 15) is 13.2 Å². The van der Waals surface area contributed by atoms with Gasteiger partial charge in [0.15, 0.2) is 5.79 Å². The molecule has 0 aromatic heterocycles. The molecule has 0 heterocycles. The second kappa shape index (κ2) is 14.1. The van der Waals surface area contributed by atoms with Crippen LogP contribution in [0.1, 0.15) is 95.6 Å². The maximum atomic E-state index is 12.6. The van der Waals surface area contributed by atoms with Crippen LogP contribution in [0.3, 0.4) is 0 Å². The van der Waals surface area contributed by atoms with Crippen LogP contribution in [0.5, 0.6) is 0 Å². The molecular weight excluding hydrogens is 389 g/mol. The molecule has 1 aromatic rings. The molecule has 0 saturated heterocycles. The highest BCUT2D eigenvalue weighted by Crippen LogP contribution is 2.32. The highest BCUT2D eigenvalue weighted by Gasteiger charge is 2.33. The van der Waals surface area contributed by atoms with Crippen LogP contribution in [0, 0.1) is 5.92 Å². The Kier molecular flexibility index (Phi) is 12.7. The zero-order chi connectivity index (χ0) is 22.5. The van der Waals surface area contributed by atoms with Gasteiger partial charge in [-0.3, -0.25) is 0 Å². The summed E-state index contributed by atoms with van der Waals surface area (Å²) in [6.07, 6.45) is 9.44. The summed E-state index contributed by atoms with van der Waals surface area (Å²) in [4.78, 5) is 0. The van der Waals surface area contributed by atoms with Crippen molar-refractivity contribution < 1.29 is 22.6 Å². The zero-order valence-electron chi connectivity index (χ0n) is 19.3. The predicted molar refractivity (Wildman–Crippen MR) is 118 cm³/mol. The zero-order valence-corrected chi connectivity index (χ0v) is 19.3. The second-order valence-corrected chi connectivity index (χ2v) is 8.47. The van der Waals surface area contributed by atoms with Gasteiger partial charge >= 0.3 is 6.18 Å². The van der Waals surface area contributed by atoms with Crippen LogP contribution < -0.4 is 0 Å². The van der Waals surface area contributed by atoms with Crippen LogP contribution >= 0.6 is 0 Å². The lowest BCUT2D eigenvalue weighted by atomic mass is 9.87. The summed E-state index contributed by atoms with van der Waals surface area (Å²) >= 11 is 0. The van der Waals surface area contributed by atoms with Crippen LogP contribution in [0.15, 0.2) is 24.3 Å². The molecule has 2 nitrogen and oxygen atoms in total. The molecule has 5 heteroatoms. The minimum absolute atomic E-state index is 0.352. The lowest BCUT2D eigenvalue weighted by Gasteiger charge is -2.35. The van der Waals surface area contributed by atoms with Crippen molar-refractivity contribution in [1.82, 2.24) is 0 Å². The van der Waals surface area contributed by atoms with Crippen molar-refractivity contribution in [2.24, 2.45) is 5.92 Å². The average Bonchev–Trinajstić information content (AvgIpc) is 2.73. The topological polar surface area (TPSA) is 18.5 Å². The van der Waals surface area contributed by atoms with E-state index in [0.717, 1.165) is 44.1 Å². The molecule has 0 amide bonds. The quantitative estimate of drug-likeness (QED) is 0.194. The average molecular weight is 431 g/mol. The monoisotopic (exact) mass is 430 g/mol. The van der Waals surface area contributed by atoms with E-state index in [2.05, 4.69) is 6.92 Å². The molecule has 0 spiro atoms. The Morgan fingerprint density at radius 3 is 1.77 bits per heavy atom. The summed E-state index contributed by atoms with van der Waals surface area (Å²) in [6.45, 7) is 4.26. The fourth-order valence-corrected chi connectivity index (χ4v) is 4.01. The summed E-state index contributed by atoms with van der Waals surface area (Å²) in [7, 11) is 3.42. The van der Waals surface area contributed by atoms with Crippen molar-refractivity contribution in [3.63, 3.8) is 0 Å². The Balaban J connectivity index is 2.39. The van der Waals surface area contributed by atoms with Gasteiger partial charge in [0, 0.05) is 20.1 Å². The molecule has 1 atom stereocenters. The normalized spacial score (nSPS) is 13.6. The molecule has 0 saturated carbocycles. The molecule has 1 rings (SSSR count). The SMILES string of the molecule is CCCCCCCCC(CCCCCc1ccc(C(F)(F)F)cc1)C(C)(OC)OC. The van der Waals surface area contributed by atoms with E-state index in [0.29, 0.717) is 5.92 Å². The first-order chi connectivity index (χ1) is 14.3. The highest BCUT2D eigenvalue weighted by atomic mass is 19.4. The van der Waals surface area contributed by atoms with Crippen molar-refractivity contribution >= 4 is 0 Å². The predicted octanol–water partition coefficient (Wildman–Crippen LogP) is 8.18. The third-order valence-corrected chi connectivity index (χ3v) is 6.26. The molecule has 0 aliphatic heterocycles. The van der Waals surface area contributed by atoms with E-state index in [1.807, 2.05) is 6.92 Å². The van der Waals surface area contributed by atoms with E-state index in [1.54, 1.807) is 26.4 Å². The molecule has 1 aromatic carbocycles. The van der Waals surface area contributed by atoms with Gasteiger partial charge in [0.25, 0.3) is 0 Å². The van der Waals surface area contributed by atoms with Crippen LogP contribution in [0.25, 0.3) is 0 Å². The maximum absolute atomic E-state index is 12.6. The maximum Gasteiger partial charge on any atom is 0.416 e. The van der Waals surface area contributed by atoms with E-state index >= 15 is 0 Å². The summed E-state index contributed by atoms with van der Waals surface area (Å²) in [5.41, 5.74) is 0.382. The number of benzene rings is 1. The number of rotatable bonds is 16. The Hall–Kier alpha value is -1.07. The molecule has 0 N–H and O–H groups in total. The van der Waals surface area contributed by atoms with Crippen molar-refractivity contribution in [2.75, 3.05) is 14.2 Å². The van der Waals surface area contributed by atoms with Gasteiger partial charge in [-0.15, -0.1) is 0 Å². The fourth-order valence-electron chi connectivity index (χ4n) is 4.01.